The third kappa shape index (κ3) is 7.36. The van der Waals surface area contributed by atoms with Crippen molar-refractivity contribution in [3.63, 3.8) is 0 Å². The summed E-state index contributed by atoms with van der Waals surface area (Å²) in [6, 6.07) is 1.76. The van der Waals surface area contributed by atoms with Gasteiger partial charge in [0.2, 0.25) is 0 Å². The summed E-state index contributed by atoms with van der Waals surface area (Å²) in [5, 5.41) is 12.5. The van der Waals surface area contributed by atoms with E-state index in [9.17, 15) is 8.42 Å². The van der Waals surface area contributed by atoms with Crippen LogP contribution in [0.3, 0.4) is 0 Å². The Labute approximate surface area is 53.6 Å². The smallest absolute Gasteiger partial charge is 0.216 e. The Morgan fingerprint density at radius 1 is 1.67 bits per heavy atom. The molecule has 0 spiro atoms. The molecule has 0 aliphatic rings. The molecule has 5 nitrogen and oxygen atoms in total. The first-order valence-corrected chi connectivity index (χ1v) is 3.75. The molecule has 0 aliphatic carbocycles. The van der Waals surface area contributed by atoms with Crippen LogP contribution in [0.2, 0.25) is 0 Å². The zero-order valence-electron chi connectivity index (χ0n) is 4.66. The van der Waals surface area contributed by atoms with Crippen LogP contribution in [0.1, 0.15) is 6.42 Å². The molecule has 0 atom stereocenters. The summed E-state index contributed by atoms with van der Waals surface area (Å²) in [5.41, 5.74) is 0. The predicted octanol–water partition coefficient (Wildman–Crippen LogP) is -1.31. The minimum Gasteiger partial charge on any atom is -0.216 e. The average molecular weight is 149 g/mol. The van der Waals surface area contributed by atoms with Crippen molar-refractivity contribution in [1.29, 1.82) is 5.26 Å². The largest absolute Gasteiger partial charge is 0.274 e. The number of hydrogen-bond donors (Lipinski definition) is 2. The molecular weight excluding hydrogens is 142 g/mol. The van der Waals surface area contributed by atoms with Gasteiger partial charge in [-0.3, -0.25) is 0 Å². The highest BCUT2D eigenvalue weighted by Gasteiger charge is 1.96. The molecule has 3 N–H and O–H groups in total. The van der Waals surface area contributed by atoms with Crippen molar-refractivity contribution in [1.82, 2.24) is 4.72 Å². The SMILES string of the molecule is N#CCCNS(N)(=O)=O. The molecule has 0 aromatic carbocycles. The average Bonchev–Trinajstić information content (AvgIpc) is 1.63. The maximum atomic E-state index is 10.1. The molecular formula is C3H7N3O2S. The monoisotopic (exact) mass is 149 g/mol. The van der Waals surface area contributed by atoms with E-state index in [-0.39, 0.29) is 13.0 Å². The summed E-state index contributed by atoms with van der Waals surface area (Å²) >= 11 is 0. The Bertz CT molecular complexity index is 202. The van der Waals surface area contributed by atoms with Crippen molar-refractivity contribution in [3.05, 3.63) is 0 Å². The number of hydrogen-bond acceptors (Lipinski definition) is 3. The minimum atomic E-state index is -3.60. The maximum absolute atomic E-state index is 10.1. The minimum absolute atomic E-state index is 0.0787. The molecule has 0 saturated heterocycles. The summed E-state index contributed by atoms with van der Waals surface area (Å²) in [6.45, 7) is 0.0787. The zero-order chi connectivity index (χ0) is 7.33. The molecule has 0 rings (SSSR count). The van der Waals surface area contributed by atoms with E-state index in [2.05, 4.69) is 5.14 Å². The Morgan fingerprint density at radius 3 is 2.56 bits per heavy atom. The number of rotatable bonds is 3. The van der Waals surface area contributed by atoms with Crippen molar-refractivity contribution < 1.29 is 8.42 Å². The molecule has 0 aromatic rings. The van der Waals surface area contributed by atoms with Crippen molar-refractivity contribution >= 4 is 10.2 Å². The lowest BCUT2D eigenvalue weighted by Gasteiger charge is -1.94. The van der Waals surface area contributed by atoms with Crippen LogP contribution in [0.5, 0.6) is 0 Å². The third-order valence-corrected chi connectivity index (χ3v) is 1.15. The van der Waals surface area contributed by atoms with E-state index < -0.39 is 10.2 Å². The van der Waals surface area contributed by atoms with Crippen LogP contribution in [-0.2, 0) is 10.2 Å². The van der Waals surface area contributed by atoms with E-state index in [4.69, 9.17) is 5.26 Å². The first-order chi connectivity index (χ1) is 4.06. The fourth-order valence-electron chi connectivity index (χ4n) is 0.249. The molecule has 0 aliphatic heterocycles. The highest BCUT2D eigenvalue weighted by molar-refractivity contribution is 7.87. The number of nitrogens with one attached hydrogen (secondary N) is 1. The summed E-state index contributed by atoms with van der Waals surface area (Å²) in [7, 11) is -3.60. The van der Waals surface area contributed by atoms with Crippen LogP contribution >= 0.6 is 0 Å². The van der Waals surface area contributed by atoms with E-state index in [1.54, 1.807) is 6.07 Å². The van der Waals surface area contributed by atoms with Crippen molar-refractivity contribution in [2.75, 3.05) is 6.54 Å². The first-order valence-electron chi connectivity index (χ1n) is 2.20. The molecule has 0 radical (unpaired) electrons. The van der Waals surface area contributed by atoms with Crippen LogP contribution in [-0.4, -0.2) is 15.0 Å². The molecule has 52 valence electrons. The molecule has 0 amide bonds. The van der Waals surface area contributed by atoms with Crippen molar-refractivity contribution in [2.24, 2.45) is 5.14 Å². The van der Waals surface area contributed by atoms with Gasteiger partial charge in [0.1, 0.15) is 0 Å². The molecule has 0 aromatic heterocycles. The van der Waals surface area contributed by atoms with Gasteiger partial charge >= 0.3 is 0 Å². The number of nitrogens with zero attached hydrogens (tertiary/aromatic N) is 1. The van der Waals surface area contributed by atoms with Gasteiger partial charge in [0.25, 0.3) is 10.2 Å². The van der Waals surface area contributed by atoms with Crippen LogP contribution in [0.25, 0.3) is 0 Å². The zero-order valence-corrected chi connectivity index (χ0v) is 5.48. The quantitative estimate of drug-likeness (QED) is 0.488. The maximum Gasteiger partial charge on any atom is 0.274 e. The van der Waals surface area contributed by atoms with Gasteiger partial charge in [-0.15, -0.1) is 0 Å². The van der Waals surface area contributed by atoms with Crippen molar-refractivity contribution in [2.45, 2.75) is 6.42 Å². The van der Waals surface area contributed by atoms with Gasteiger partial charge in [0, 0.05) is 13.0 Å². The van der Waals surface area contributed by atoms with E-state index >= 15 is 0 Å². The number of nitriles is 1. The van der Waals surface area contributed by atoms with Gasteiger partial charge in [-0.05, 0) is 0 Å². The lowest BCUT2D eigenvalue weighted by atomic mass is 10.5. The molecule has 0 bridgehead atoms. The van der Waals surface area contributed by atoms with Crippen LogP contribution in [0.15, 0.2) is 0 Å². The van der Waals surface area contributed by atoms with Crippen LogP contribution < -0.4 is 9.86 Å². The fraction of sp³-hybridized carbons (Fsp3) is 0.667. The van der Waals surface area contributed by atoms with E-state index in [0.29, 0.717) is 0 Å². The Morgan fingerprint density at radius 2 is 2.22 bits per heavy atom. The normalized spacial score (nSPS) is 10.7. The predicted molar refractivity (Wildman–Crippen MR) is 31.3 cm³/mol. The second-order valence-corrected chi connectivity index (χ2v) is 2.73. The Kier molecular flexibility index (Phi) is 3.16. The van der Waals surface area contributed by atoms with Crippen molar-refractivity contribution in [3.8, 4) is 6.07 Å². The third-order valence-electron chi connectivity index (χ3n) is 0.540. The van der Waals surface area contributed by atoms with E-state index in [0.717, 1.165) is 0 Å². The van der Waals surface area contributed by atoms with Gasteiger partial charge in [-0.25, -0.2) is 9.86 Å². The molecule has 0 unspecified atom stereocenters. The summed E-state index contributed by atoms with van der Waals surface area (Å²) in [4.78, 5) is 0. The van der Waals surface area contributed by atoms with Gasteiger partial charge in [0.05, 0.1) is 6.07 Å². The molecule has 0 saturated carbocycles. The molecule has 0 fully saturated rings. The summed E-state index contributed by atoms with van der Waals surface area (Å²) in [5.74, 6) is 0. The van der Waals surface area contributed by atoms with Gasteiger partial charge < -0.3 is 0 Å². The number of nitrogens with two attached hydrogens (primary N) is 1. The second kappa shape index (κ2) is 3.40. The second-order valence-electron chi connectivity index (χ2n) is 1.35. The van der Waals surface area contributed by atoms with E-state index in [1.807, 2.05) is 4.72 Å². The van der Waals surface area contributed by atoms with Gasteiger partial charge in [-0.1, -0.05) is 0 Å². The summed E-state index contributed by atoms with van der Waals surface area (Å²) in [6.07, 6.45) is 0.135. The highest BCUT2D eigenvalue weighted by atomic mass is 32.2. The van der Waals surface area contributed by atoms with Crippen LogP contribution in [0.4, 0.5) is 0 Å². The lowest BCUT2D eigenvalue weighted by molar-refractivity contribution is 0.584. The standard InChI is InChI=1S/C3H7N3O2S/c4-2-1-3-6-9(5,7)8/h6H,1,3H2,(H2,5,7,8). The Hall–Kier alpha value is -0.640. The topological polar surface area (TPSA) is 96.0 Å². The molecule has 0 heterocycles. The van der Waals surface area contributed by atoms with Gasteiger partial charge in [-0.2, -0.15) is 13.7 Å². The molecule has 6 heteroatoms. The highest BCUT2D eigenvalue weighted by Crippen LogP contribution is 1.71. The van der Waals surface area contributed by atoms with Crippen LogP contribution in [0, 0.1) is 11.3 Å². The Balaban J connectivity index is 3.44. The first kappa shape index (κ1) is 8.36. The summed E-state index contributed by atoms with van der Waals surface area (Å²) < 4.78 is 22.1. The lowest BCUT2D eigenvalue weighted by Crippen LogP contribution is -2.31. The molecule has 9 heavy (non-hydrogen) atoms. The fourth-order valence-corrected chi connectivity index (χ4v) is 0.636. The van der Waals surface area contributed by atoms with E-state index in [1.165, 1.54) is 0 Å². The van der Waals surface area contributed by atoms with Gasteiger partial charge in [0.15, 0.2) is 0 Å².